The monoisotopic (exact) mass is 1830 g/mol. The minimum absolute atomic E-state index is 0.153. The summed E-state index contributed by atoms with van der Waals surface area (Å²) in [5, 5.41) is 66.9. The van der Waals surface area contributed by atoms with Crippen molar-refractivity contribution >= 4 is 82.0 Å². The lowest BCUT2D eigenvalue weighted by molar-refractivity contribution is -0.466. The van der Waals surface area contributed by atoms with E-state index >= 15 is 0 Å². The lowest BCUT2D eigenvalue weighted by Gasteiger charge is -2.14. The van der Waals surface area contributed by atoms with Crippen LogP contribution in [0.15, 0.2) is 151 Å². The van der Waals surface area contributed by atoms with Gasteiger partial charge in [-0.2, -0.15) is 50.2 Å². The first-order valence-electron chi connectivity index (χ1n) is 38.2. The van der Waals surface area contributed by atoms with Gasteiger partial charge in [-0.25, -0.2) is 14.4 Å². The van der Waals surface area contributed by atoms with E-state index in [1.165, 1.54) is 30.9 Å². The van der Waals surface area contributed by atoms with Crippen molar-refractivity contribution in [2.24, 2.45) is 0 Å². The third kappa shape index (κ3) is 37.5. The van der Waals surface area contributed by atoms with Gasteiger partial charge in [0.25, 0.3) is 12.3 Å². The van der Waals surface area contributed by atoms with Crippen LogP contribution in [0, 0.1) is 20.2 Å². The summed E-state index contributed by atoms with van der Waals surface area (Å²) in [5.41, 5.74) is 7.96. The Kier molecular flexibility index (Phi) is 44.8. The Hall–Kier alpha value is -12.4. The zero-order chi connectivity index (χ0) is 92.1. The average molecular weight is 1840 g/mol. The van der Waals surface area contributed by atoms with Crippen LogP contribution >= 0.6 is 15.9 Å². The van der Waals surface area contributed by atoms with Crippen LogP contribution in [0.4, 0.5) is 0 Å². The number of ether oxygens (including phenoxy) is 12. The van der Waals surface area contributed by atoms with Gasteiger partial charge in [0, 0.05) is 95.1 Å². The number of aldehydes is 1. The number of hydrogen-bond donors (Lipinski definition) is 2. The van der Waals surface area contributed by atoms with E-state index in [-0.39, 0.29) is 24.7 Å². The SMILES string of the molecule is CC(=O)C(=O)C[N+](=O)[O-].COC(=O)/C(=C\c1cccc(OC)c1)[N+](=O)[O-].COC(=O)c1n[nH]nc1-c1cccc(OC)c1.COC(=O)c1nn(COCC[Si](C)(C)C)nc1-c1cccc(OC)c1.COc1cccc(-c2nn(COCC[Si](C)(C)C)nc2CBr)c1.COc1cccc(-c2nn(COCC[Si](C)(C)C)nc2CO)c1.COc1cccc(C=O)c1. The number of esters is 3. The van der Waals surface area contributed by atoms with Gasteiger partial charge in [0.2, 0.25) is 5.78 Å². The molecule has 0 bridgehead atoms. The lowest BCUT2D eigenvalue weighted by atomic mass is 10.1. The number of carbonyl (C=O) groups is 6. The number of benzene rings is 6. The Labute approximate surface area is 730 Å². The molecule has 41 heteroatoms. The van der Waals surface area contributed by atoms with Crippen molar-refractivity contribution in [1.29, 1.82) is 0 Å². The standard InChI is InChI=1S/C17H25N3O4Si.C16H24BrN3O2Si.C16H25N3O3Si.C11H11N3O3.C11H11NO5.C8H8O2.C4H5NO4/c1-22-14-8-6-7-13(11-14)15-16(17(21)23-2)19-20(18-15)12-24-9-10-25(3,4)5;1-21-14-7-5-6-13(10-14)16-15(11-17)18-20(19-16)12-22-8-9-23(2,3)4;1-21-14-7-5-6-13(10-14)16-15(11-20)17-19(18-16)12-22-8-9-23(2,3)4;1-16-8-5-3-4-7(6-8)9-10(11(15)17-2)13-14-12-9;1-16-9-5-3-4-8(6-9)7-10(12(14)15)11(13)17-2;1-10-8-4-2-3-7(5-8)6-9;1-3(6)4(7)2-5(8)9/h6-8,11H,9-10,12H2,1-5H3;5-7,10H,8-9,11-12H2,1-4H3;5-7,10,20H,8-9,11-12H2,1-4H3;3-6H,1-2H3,(H,12,13,14);3-7H,1-2H3;2-6H,1H3;2H2,1H3/b;;;;10-7+;;. The fourth-order valence-electron chi connectivity index (χ4n) is 9.81. The molecule has 4 aromatic heterocycles. The summed E-state index contributed by atoms with van der Waals surface area (Å²) in [7, 11) is 9.89. The molecule has 4 heterocycles. The molecule has 0 radical (unpaired) electrons. The van der Waals surface area contributed by atoms with Crippen LogP contribution < -0.4 is 28.4 Å². The highest BCUT2D eigenvalue weighted by atomic mass is 79.9. The largest absolute Gasteiger partial charge is 0.497 e. The van der Waals surface area contributed by atoms with E-state index in [9.17, 15) is 54.1 Å². The van der Waals surface area contributed by atoms with E-state index in [1.54, 1.807) is 107 Å². The molecule has 0 spiro atoms. The number of Topliss-reactive ketones (excluding diaryl/α,β-unsaturated/α-hetero) is 2. The number of nitrogens with zero attached hydrogens (tertiary/aromatic N) is 13. The van der Waals surface area contributed by atoms with Crippen LogP contribution in [0.1, 0.15) is 55.2 Å². The zero-order valence-corrected chi connectivity index (χ0v) is 77.7. The highest BCUT2D eigenvalue weighted by Crippen LogP contribution is 2.30. The number of nitrogens with one attached hydrogen (secondary N) is 1. The van der Waals surface area contributed by atoms with Gasteiger partial charge in [-0.3, -0.25) is 34.6 Å². The van der Waals surface area contributed by atoms with Gasteiger partial charge in [0.15, 0.2) is 31.6 Å². The number of H-pyrrole nitrogens is 1. The molecule has 0 fully saturated rings. The van der Waals surface area contributed by atoms with Gasteiger partial charge < -0.3 is 61.9 Å². The predicted octanol–water partition coefficient (Wildman–Crippen LogP) is 13.7. The third-order valence-corrected chi connectivity index (χ3v) is 22.2. The van der Waals surface area contributed by atoms with Crippen LogP contribution in [-0.4, -0.2) is 226 Å². The summed E-state index contributed by atoms with van der Waals surface area (Å²) in [5.74, 6) is 0.384. The highest BCUT2D eigenvalue weighted by molar-refractivity contribution is 9.08. The number of aromatic amines is 1. The topological polar surface area (TPSA) is 453 Å². The molecule has 0 atom stereocenters. The molecular weight excluding hydrogens is 1730 g/mol. The van der Waals surface area contributed by atoms with Gasteiger partial charge in [0.1, 0.15) is 74.9 Å². The minimum Gasteiger partial charge on any atom is -0.497 e. The quantitative estimate of drug-likeness (QED) is 0.00352. The van der Waals surface area contributed by atoms with Crippen LogP contribution in [0.3, 0.4) is 0 Å². The van der Waals surface area contributed by atoms with Crippen LogP contribution in [0.5, 0.6) is 34.5 Å². The van der Waals surface area contributed by atoms with Crippen molar-refractivity contribution in [3.05, 3.63) is 205 Å². The zero-order valence-electron chi connectivity index (χ0n) is 73.1. The number of aliphatic hydroxyl groups is 1. The number of hydrogen-bond acceptors (Lipinski definition) is 31. The van der Waals surface area contributed by atoms with Crippen molar-refractivity contribution in [1.82, 2.24) is 60.4 Å². The molecule has 37 nitrogen and oxygen atoms in total. The summed E-state index contributed by atoms with van der Waals surface area (Å²) < 4.78 is 61.5. The van der Waals surface area contributed by atoms with Gasteiger partial charge in [-0.1, -0.05) is 148 Å². The molecule has 0 unspecified atom stereocenters. The molecule has 10 aromatic rings. The summed E-state index contributed by atoms with van der Waals surface area (Å²) in [6.45, 7) is 23.8. The maximum Gasteiger partial charge on any atom is 0.409 e. The van der Waals surface area contributed by atoms with Gasteiger partial charge in [-0.05, 0) is 96.5 Å². The molecule has 0 amide bonds. The summed E-state index contributed by atoms with van der Waals surface area (Å²) in [6, 6.07) is 46.7. The Morgan fingerprint density at radius 3 is 1.17 bits per heavy atom. The Morgan fingerprint density at radius 2 is 0.815 bits per heavy atom. The van der Waals surface area contributed by atoms with Crippen LogP contribution in [-0.2, 0) is 74.9 Å². The summed E-state index contributed by atoms with van der Waals surface area (Å²) in [6.07, 6.45) is 1.93. The van der Waals surface area contributed by atoms with Gasteiger partial charge in [-0.15, -0.1) is 10.2 Å². The molecule has 124 heavy (non-hydrogen) atoms. The summed E-state index contributed by atoms with van der Waals surface area (Å²) >= 11 is 3.48. The molecule has 0 aliphatic heterocycles. The number of ketones is 2. The number of aliphatic hydroxyl groups excluding tert-OH is 1. The van der Waals surface area contributed by atoms with E-state index < -0.39 is 75.8 Å². The minimum atomic E-state index is -1.15. The fourth-order valence-corrected chi connectivity index (χ4v) is 12.5. The van der Waals surface area contributed by atoms with Crippen molar-refractivity contribution < 1.29 is 101 Å². The van der Waals surface area contributed by atoms with Crippen LogP contribution in [0.25, 0.3) is 51.1 Å². The average Bonchev–Trinajstić information content (AvgIpc) is 1.55. The number of alkyl halides is 1. The number of methoxy groups -OCH3 is 9. The predicted molar refractivity (Wildman–Crippen MR) is 474 cm³/mol. The smallest absolute Gasteiger partial charge is 0.409 e. The maximum absolute atomic E-state index is 12.0. The second-order valence-corrected chi connectivity index (χ2v) is 47.1. The maximum atomic E-state index is 12.0. The molecule has 0 saturated heterocycles. The first kappa shape index (κ1) is 104. The van der Waals surface area contributed by atoms with Crippen LogP contribution in [0.2, 0.25) is 77.1 Å². The Morgan fingerprint density at radius 1 is 0.460 bits per heavy atom. The highest BCUT2D eigenvalue weighted by Gasteiger charge is 2.26. The molecule has 10 rings (SSSR count). The van der Waals surface area contributed by atoms with Gasteiger partial charge >= 0.3 is 23.6 Å². The first-order chi connectivity index (χ1) is 58.9. The second kappa shape index (κ2) is 53.5. The second-order valence-electron chi connectivity index (χ2n) is 29.7. The normalized spacial score (nSPS) is 10.8. The van der Waals surface area contributed by atoms with E-state index in [2.05, 4.69) is 130 Å². The first-order valence-corrected chi connectivity index (χ1v) is 50.4. The number of carbonyl (C=O) groups excluding carboxylic acids is 6. The molecule has 2 N–H and O–H groups in total. The number of rotatable bonds is 36. The molecule has 0 saturated carbocycles. The number of halogens is 1. The molecule has 668 valence electrons. The van der Waals surface area contributed by atoms with E-state index in [0.717, 1.165) is 96.3 Å². The fraction of sp³-hybridized carbons (Fsp3) is 0.373. The molecule has 0 aliphatic carbocycles. The van der Waals surface area contributed by atoms with Crippen molar-refractivity contribution in [3.63, 3.8) is 0 Å². The van der Waals surface area contributed by atoms with Crippen molar-refractivity contribution in [3.8, 4) is 79.5 Å². The summed E-state index contributed by atoms with van der Waals surface area (Å²) in [4.78, 5) is 88.1. The molecular formula is C83H109BrN14O23Si3. The lowest BCUT2D eigenvalue weighted by Crippen LogP contribution is -2.22. The Bertz CT molecular complexity index is 4990. The third-order valence-electron chi connectivity index (χ3n) is 16.6. The van der Waals surface area contributed by atoms with Gasteiger partial charge in [0.05, 0.1) is 75.5 Å². The number of nitro groups is 2. The molecule has 0 aliphatic rings. The molecule has 6 aromatic carbocycles. The van der Waals surface area contributed by atoms with Crippen molar-refractivity contribution in [2.75, 3.05) is 90.4 Å². The van der Waals surface area contributed by atoms with E-state index in [4.69, 9.17) is 47.4 Å². The van der Waals surface area contributed by atoms with Crippen molar-refractivity contribution in [2.45, 2.75) is 116 Å². The Balaban J connectivity index is 0.000000310. The van der Waals surface area contributed by atoms with E-state index in [1.807, 2.05) is 78.9 Å². The number of aromatic nitrogens is 12. The van der Waals surface area contributed by atoms with E-state index in [0.29, 0.717) is 88.9 Å².